The van der Waals surface area contributed by atoms with Crippen LogP contribution in [0.4, 0.5) is 0 Å². The van der Waals surface area contributed by atoms with Gasteiger partial charge in [-0.15, -0.1) is 0 Å². The van der Waals surface area contributed by atoms with Crippen molar-refractivity contribution in [2.75, 3.05) is 6.54 Å². The van der Waals surface area contributed by atoms with Crippen molar-refractivity contribution in [2.24, 2.45) is 5.73 Å². The minimum atomic E-state index is 0.127. The molecule has 2 N–H and O–H groups in total. The van der Waals surface area contributed by atoms with Crippen LogP contribution in [0.1, 0.15) is 60.8 Å². The molecular weight excluding hydrogens is 262 g/mol. The number of hydrogen-bond acceptors (Lipinski definition) is 3. The van der Waals surface area contributed by atoms with Crippen molar-refractivity contribution in [3.63, 3.8) is 0 Å². The SMILES string of the molecule is CCCN(C(=O)c1ccc(C)nc1C)C1CCC(N)CC1. The maximum absolute atomic E-state index is 12.9. The average Bonchev–Trinajstić information content (AvgIpc) is 2.45. The second-order valence-corrected chi connectivity index (χ2v) is 6.15. The van der Waals surface area contributed by atoms with Crippen molar-refractivity contribution in [3.05, 3.63) is 29.1 Å². The van der Waals surface area contributed by atoms with Crippen LogP contribution in [-0.2, 0) is 0 Å². The lowest BCUT2D eigenvalue weighted by atomic mass is 9.90. The second kappa shape index (κ2) is 7.03. The molecule has 0 unspecified atom stereocenters. The molecule has 4 heteroatoms. The van der Waals surface area contributed by atoms with Gasteiger partial charge < -0.3 is 10.6 Å². The molecule has 1 heterocycles. The highest BCUT2D eigenvalue weighted by atomic mass is 16.2. The molecule has 116 valence electrons. The van der Waals surface area contributed by atoms with E-state index >= 15 is 0 Å². The van der Waals surface area contributed by atoms with Gasteiger partial charge >= 0.3 is 0 Å². The average molecular weight is 289 g/mol. The van der Waals surface area contributed by atoms with E-state index in [-0.39, 0.29) is 5.91 Å². The Morgan fingerprint density at radius 1 is 1.29 bits per heavy atom. The Kier molecular flexibility index (Phi) is 5.34. The van der Waals surface area contributed by atoms with Crippen LogP contribution in [-0.4, -0.2) is 34.4 Å². The van der Waals surface area contributed by atoms with Gasteiger partial charge in [-0.2, -0.15) is 0 Å². The first-order valence-electron chi connectivity index (χ1n) is 8.03. The number of rotatable bonds is 4. The monoisotopic (exact) mass is 289 g/mol. The van der Waals surface area contributed by atoms with Gasteiger partial charge in [-0.05, 0) is 58.1 Å². The van der Waals surface area contributed by atoms with Crippen LogP contribution in [0.2, 0.25) is 0 Å². The highest BCUT2D eigenvalue weighted by Gasteiger charge is 2.28. The van der Waals surface area contributed by atoms with Crippen molar-refractivity contribution in [2.45, 2.75) is 65.0 Å². The fourth-order valence-electron chi connectivity index (χ4n) is 3.17. The molecule has 0 atom stereocenters. The zero-order chi connectivity index (χ0) is 15.4. The number of amides is 1. The lowest BCUT2D eigenvalue weighted by Crippen LogP contribution is -2.44. The minimum absolute atomic E-state index is 0.127. The van der Waals surface area contributed by atoms with Crippen LogP contribution in [0.25, 0.3) is 0 Å². The molecule has 1 saturated carbocycles. The zero-order valence-corrected chi connectivity index (χ0v) is 13.4. The van der Waals surface area contributed by atoms with Gasteiger partial charge in [-0.25, -0.2) is 0 Å². The lowest BCUT2D eigenvalue weighted by Gasteiger charge is -2.36. The van der Waals surface area contributed by atoms with Gasteiger partial charge in [0.2, 0.25) is 0 Å². The molecule has 0 bridgehead atoms. The number of nitrogens with two attached hydrogens (primary N) is 1. The summed E-state index contributed by atoms with van der Waals surface area (Å²) >= 11 is 0. The number of pyridine rings is 1. The van der Waals surface area contributed by atoms with Crippen LogP contribution < -0.4 is 5.73 Å². The zero-order valence-electron chi connectivity index (χ0n) is 13.4. The Labute approximate surface area is 127 Å². The fraction of sp³-hybridized carbons (Fsp3) is 0.647. The summed E-state index contributed by atoms with van der Waals surface area (Å²) in [5.74, 6) is 0.127. The number of aryl methyl sites for hydroxylation is 2. The van der Waals surface area contributed by atoms with E-state index in [0.717, 1.165) is 55.6 Å². The Morgan fingerprint density at radius 3 is 2.52 bits per heavy atom. The summed E-state index contributed by atoms with van der Waals surface area (Å²) in [7, 11) is 0. The highest BCUT2D eigenvalue weighted by molar-refractivity contribution is 5.95. The molecule has 1 aliphatic rings. The van der Waals surface area contributed by atoms with E-state index in [4.69, 9.17) is 5.73 Å². The Morgan fingerprint density at radius 2 is 1.95 bits per heavy atom. The van der Waals surface area contributed by atoms with E-state index in [9.17, 15) is 4.79 Å². The molecule has 1 amide bonds. The van der Waals surface area contributed by atoms with E-state index in [2.05, 4.69) is 11.9 Å². The normalized spacial score (nSPS) is 22.1. The molecule has 21 heavy (non-hydrogen) atoms. The number of carbonyl (C=O) groups excluding carboxylic acids is 1. The predicted octanol–water partition coefficient (Wildman–Crippen LogP) is 2.82. The number of aromatic nitrogens is 1. The van der Waals surface area contributed by atoms with Gasteiger partial charge in [0.1, 0.15) is 0 Å². The van der Waals surface area contributed by atoms with Crippen LogP contribution in [0, 0.1) is 13.8 Å². The molecular formula is C17H27N3O. The molecule has 1 aromatic heterocycles. The second-order valence-electron chi connectivity index (χ2n) is 6.15. The summed E-state index contributed by atoms with van der Waals surface area (Å²) in [5.41, 5.74) is 8.51. The smallest absolute Gasteiger partial charge is 0.255 e. The van der Waals surface area contributed by atoms with Crippen molar-refractivity contribution in [1.29, 1.82) is 0 Å². The number of nitrogens with zero attached hydrogens (tertiary/aromatic N) is 2. The third kappa shape index (κ3) is 3.82. The largest absolute Gasteiger partial charge is 0.336 e. The molecule has 0 saturated heterocycles. The van der Waals surface area contributed by atoms with Crippen LogP contribution in [0.15, 0.2) is 12.1 Å². The summed E-state index contributed by atoms with van der Waals surface area (Å²) in [6.07, 6.45) is 5.05. The number of carbonyl (C=O) groups is 1. The van der Waals surface area contributed by atoms with E-state index in [1.54, 1.807) is 0 Å². The first kappa shape index (κ1) is 16.0. The quantitative estimate of drug-likeness (QED) is 0.927. The van der Waals surface area contributed by atoms with Gasteiger partial charge in [0.15, 0.2) is 0 Å². The molecule has 1 fully saturated rings. The van der Waals surface area contributed by atoms with Crippen molar-refractivity contribution in [3.8, 4) is 0 Å². The molecule has 1 aromatic rings. The Bertz CT molecular complexity index is 493. The van der Waals surface area contributed by atoms with Gasteiger partial charge in [-0.3, -0.25) is 9.78 Å². The van der Waals surface area contributed by atoms with Crippen molar-refractivity contribution >= 4 is 5.91 Å². The van der Waals surface area contributed by atoms with Gasteiger partial charge in [-0.1, -0.05) is 6.92 Å². The molecule has 4 nitrogen and oxygen atoms in total. The molecule has 0 radical (unpaired) electrons. The van der Waals surface area contributed by atoms with Gasteiger partial charge in [0.25, 0.3) is 5.91 Å². The van der Waals surface area contributed by atoms with Crippen molar-refractivity contribution in [1.82, 2.24) is 9.88 Å². The van der Waals surface area contributed by atoms with E-state index < -0.39 is 0 Å². The Hall–Kier alpha value is -1.42. The van der Waals surface area contributed by atoms with Crippen LogP contribution in [0.5, 0.6) is 0 Å². The van der Waals surface area contributed by atoms with Gasteiger partial charge in [0, 0.05) is 24.3 Å². The third-order valence-corrected chi connectivity index (χ3v) is 4.36. The Balaban J connectivity index is 2.18. The topological polar surface area (TPSA) is 59.2 Å². The lowest BCUT2D eigenvalue weighted by molar-refractivity contribution is 0.0625. The standard InChI is InChI=1S/C17H27N3O/c1-4-11-20(15-8-6-14(18)7-9-15)17(21)16-10-5-12(2)19-13(16)3/h5,10,14-15H,4,6-9,11,18H2,1-3H3. The van der Waals surface area contributed by atoms with E-state index in [0.29, 0.717) is 12.1 Å². The van der Waals surface area contributed by atoms with Crippen molar-refractivity contribution < 1.29 is 4.79 Å². The minimum Gasteiger partial charge on any atom is -0.336 e. The summed E-state index contributed by atoms with van der Waals surface area (Å²) in [6, 6.07) is 4.47. The maximum Gasteiger partial charge on any atom is 0.255 e. The fourth-order valence-corrected chi connectivity index (χ4v) is 3.17. The maximum atomic E-state index is 12.9. The van der Waals surface area contributed by atoms with Gasteiger partial charge in [0.05, 0.1) is 11.3 Å². The molecule has 0 aromatic carbocycles. The van der Waals surface area contributed by atoms with E-state index in [1.807, 2.05) is 30.9 Å². The molecule has 0 aliphatic heterocycles. The molecule has 1 aliphatic carbocycles. The third-order valence-electron chi connectivity index (χ3n) is 4.36. The highest BCUT2D eigenvalue weighted by Crippen LogP contribution is 2.24. The summed E-state index contributed by atoms with van der Waals surface area (Å²) in [4.78, 5) is 19.4. The van der Waals surface area contributed by atoms with Crippen LogP contribution in [0.3, 0.4) is 0 Å². The van der Waals surface area contributed by atoms with Crippen LogP contribution >= 0.6 is 0 Å². The summed E-state index contributed by atoms with van der Waals surface area (Å²) in [6.45, 7) is 6.80. The number of hydrogen-bond donors (Lipinski definition) is 1. The summed E-state index contributed by atoms with van der Waals surface area (Å²) < 4.78 is 0. The molecule has 0 spiro atoms. The predicted molar refractivity (Wildman–Crippen MR) is 85.3 cm³/mol. The first-order chi connectivity index (χ1) is 10.0. The molecule has 2 rings (SSSR count). The summed E-state index contributed by atoms with van der Waals surface area (Å²) in [5, 5.41) is 0. The van der Waals surface area contributed by atoms with E-state index in [1.165, 1.54) is 0 Å². The first-order valence-corrected chi connectivity index (χ1v) is 8.03.